The predicted molar refractivity (Wildman–Crippen MR) is 162 cm³/mol. The minimum atomic E-state index is -2.59. The third kappa shape index (κ3) is 24.4. The summed E-state index contributed by atoms with van der Waals surface area (Å²) in [6, 6.07) is 1.01. The molecular formula is C32H68O3Si. The molecule has 0 heterocycles. The van der Waals surface area contributed by atoms with E-state index in [0.29, 0.717) is 0 Å². The van der Waals surface area contributed by atoms with Gasteiger partial charge in [-0.15, -0.1) is 0 Å². The average Bonchev–Trinajstić information content (AvgIpc) is 2.89. The van der Waals surface area contributed by atoms with Gasteiger partial charge in [-0.25, -0.2) is 0 Å². The van der Waals surface area contributed by atoms with Gasteiger partial charge in [0.2, 0.25) is 0 Å². The Morgan fingerprint density at radius 1 is 0.306 bits per heavy atom. The summed E-state index contributed by atoms with van der Waals surface area (Å²) in [5, 5.41) is 0. The lowest BCUT2D eigenvalue weighted by molar-refractivity contribution is 0.0546. The van der Waals surface area contributed by atoms with Crippen molar-refractivity contribution in [1.82, 2.24) is 0 Å². The zero-order valence-corrected chi connectivity index (χ0v) is 26.5. The van der Waals surface area contributed by atoms with Gasteiger partial charge < -0.3 is 13.3 Å². The van der Waals surface area contributed by atoms with Crippen molar-refractivity contribution in [2.24, 2.45) is 0 Å². The Bertz CT molecular complexity index is 359. The lowest BCUT2D eigenvalue weighted by Gasteiger charge is -2.30. The van der Waals surface area contributed by atoms with Gasteiger partial charge in [0.25, 0.3) is 0 Å². The van der Waals surface area contributed by atoms with E-state index in [2.05, 4.69) is 27.7 Å². The normalized spacial score (nSPS) is 12.0. The highest BCUT2D eigenvalue weighted by Gasteiger charge is 2.40. The van der Waals surface area contributed by atoms with Crippen molar-refractivity contribution in [1.29, 1.82) is 0 Å². The SMILES string of the molecule is CCCCCCCCO[Si](CCCCCCCC)(OCCCCCCCC)OCCCCCCCC. The first kappa shape index (κ1) is 36.1. The van der Waals surface area contributed by atoms with Crippen molar-refractivity contribution in [3.63, 3.8) is 0 Å². The largest absolute Gasteiger partial charge is 0.500 e. The zero-order valence-electron chi connectivity index (χ0n) is 25.5. The summed E-state index contributed by atoms with van der Waals surface area (Å²) >= 11 is 0. The van der Waals surface area contributed by atoms with Crippen LogP contribution in [-0.2, 0) is 13.3 Å². The van der Waals surface area contributed by atoms with Gasteiger partial charge in [-0.1, -0.05) is 156 Å². The molecule has 3 nitrogen and oxygen atoms in total. The van der Waals surface area contributed by atoms with Gasteiger partial charge in [0.15, 0.2) is 0 Å². The third-order valence-corrected chi connectivity index (χ3v) is 10.2. The molecule has 0 aromatic carbocycles. The van der Waals surface area contributed by atoms with Gasteiger partial charge in [-0.05, 0) is 25.7 Å². The van der Waals surface area contributed by atoms with Crippen LogP contribution >= 0.6 is 0 Å². The quantitative estimate of drug-likeness (QED) is 0.0661. The van der Waals surface area contributed by atoms with Crippen molar-refractivity contribution in [2.75, 3.05) is 19.8 Å². The molecule has 0 saturated carbocycles. The van der Waals surface area contributed by atoms with Crippen LogP contribution in [0, 0.1) is 0 Å². The number of hydrogen-bond acceptors (Lipinski definition) is 3. The fourth-order valence-electron chi connectivity index (χ4n) is 4.79. The van der Waals surface area contributed by atoms with Crippen LogP contribution in [0.3, 0.4) is 0 Å². The molecule has 0 saturated heterocycles. The Morgan fingerprint density at radius 3 is 0.861 bits per heavy atom. The maximum Gasteiger partial charge on any atom is 0.500 e. The molecule has 0 rings (SSSR count). The topological polar surface area (TPSA) is 27.7 Å². The molecule has 0 aromatic heterocycles. The van der Waals surface area contributed by atoms with E-state index in [-0.39, 0.29) is 0 Å². The summed E-state index contributed by atoms with van der Waals surface area (Å²) in [5.74, 6) is 0. The summed E-state index contributed by atoms with van der Waals surface area (Å²) < 4.78 is 19.9. The van der Waals surface area contributed by atoms with E-state index in [4.69, 9.17) is 13.3 Å². The smallest absolute Gasteiger partial charge is 0.373 e. The van der Waals surface area contributed by atoms with E-state index in [0.717, 1.165) is 45.1 Å². The molecule has 36 heavy (non-hydrogen) atoms. The zero-order chi connectivity index (χ0) is 26.4. The van der Waals surface area contributed by atoms with Crippen LogP contribution in [0.15, 0.2) is 0 Å². The highest BCUT2D eigenvalue weighted by Crippen LogP contribution is 2.23. The van der Waals surface area contributed by atoms with Crippen LogP contribution in [0.25, 0.3) is 0 Å². The van der Waals surface area contributed by atoms with Crippen molar-refractivity contribution in [2.45, 2.75) is 188 Å². The Hall–Kier alpha value is 0.0969. The second-order valence-electron chi connectivity index (χ2n) is 11.0. The van der Waals surface area contributed by atoms with Crippen molar-refractivity contribution in [3.05, 3.63) is 0 Å². The molecule has 0 unspecified atom stereocenters. The Labute approximate surface area is 229 Å². The molecular weight excluding hydrogens is 460 g/mol. The van der Waals surface area contributed by atoms with Crippen LogP contribution < -0.4 is 0 Å². The van der Waals surface area contributed by atoms with Crippen LogP contribution in [0.4, 0.5) is 0 Å². The lowest BCUT2D eigenvalue weighted by atomic mass is 10.1. The number of hydrogen-bond donors (Lipinski definition) is 0. The first-order chi connectivity index (χ1) is 17.7. The molecule has 0 aliphatic carbocycles. The summed E-state index contributed by atoms with van der Waals surface area (Å²) in [6.07, 6.45) is 31.2. The molecule has 4 heteroatoms. The van der Waals surface area contributed by atoms with E-state index >= 15 is 0 Å². The Balaban J connectivity index is 4.77. The maximum absolute atomic E-state index is 6.65. The highest BCUT2D eigenvalue weighted by atomic mass is 28.4. The molecule has 0 aromatic rings. The molecule has 0 atom stereocenters. The fraction of sp³-hybridized carbons (Fsp3) is 1.00. The molecule has 0 radical (unpaired) electrons. The second-order valence-corrected chi connectivity index (χ2v) is 13.8. The van der Waals surface area contributed by atoms with Gasteiger partial charge in [0.05, 0.1) is 0 Å². The Morgan fingerprint density at radius 2 is 0.556 bits per heavy atom. The second kappa shape index (κ2) is 29.6. The molecule has 0 spiro atoms. The summed E-state index contributed by atoms with van der Waals surface area (Å²) in [6.45, 7) is 11.6. The molecule has 0 bridgehead atoms. The van der Waals surface area contributed by atoms with Gasteiger partial charge in [0, 0.05) is 25.9 Å². The average molecular weight is 529 g/mol. The van der Waals surface area contributed by atoms with E-state index in [1.165, 1.54) is 135 Å². The lowest BCUT2D eigenvalue weighted by Crippen LogP contribution is -2.46. The van der Waals surface area contributed by atoms with Gasteiger partial charge in [-0.3, -0.25) is 0 Å². The Kier molecular flexibility index (Phi) is 29.7. The van der Waals surface area contributed by atoms with Crippen LogP contribution in [0.2, 0.25) is 6.04 Å². The molecule has 0 aliphatic heterocycles. The summed E-state index contributed by atoms with van der Waals surface area (Å²) in [7, 11) is -2.59. The first-order valence-electron chi connectivity index (χ1n) is 16.7. The van der Waals surface area contributed by atoms with Crippen LogP contribution in [0.1, 0.15) is 182 Å². The predicted octanol–water partition coefficient (Wildman–Crippen LogP) is 11.4. The molecule has 0 amide bonds. The fourth-order valence-corrected chi connectivity index (χ4v) is 7.53. The molecule has 0 N–H and O–H groups in total. The summed E-state index contributed by atoms with van der Waals surface area (Å²) in [4.78, 5) is 0. The van der Waals surface area contributed by atoms with Gasteiger partial charge >= 0.3 is 8.80 Å². The van der Waals surface area contributed by atoms with Crippen molar-refractivity contribution in [3.8, 4) is 0 Å². The van der Waals surface area contributed by atoms with E-state index < -0.39 is 8.80 Å². The molecule has 0 aliphatic rings. The van der Waals surface area contributed by atoms with E-state index in [1.807, 2.05) is 0 Å². The van der Waals surface area contributed by atoms with Crippen molar-refractivity contribution < 1.29 is 13.3 Å². The van der Waals surface area contributed by atoms with Gasteiger partial charge in [-0.2, -0.15) is 0 Å². The van der Waals surface area contributed by atoms with Gasteiger partial charge in [0.1, 0.15) is 0 Å². The highest BCUT2D eigenvalue weighted by molar-refractivity contribution is 6.60. The van der Waals surface area contributed by atoms with Crippen LogP contribution in [-0.4, -0.2) is 28.6 Å². The minimum absolute atomic E-state index is 0.821. The molecule has 218 valence electrons. The maximum atomic E-state index is 6.65. The molecule has 0 fully saturated rings. The van der Waals surface area contributed by atoms with Crippen molar-refractivity contribution >= 4 is 8.80 Å². The van der Waals surface area contributed by atoms with E-state index in [1.54, 1.807) is 0 Å². The number of unbranched alkanes of at least 4 members (excludes halogenated alkanes) is 20. The third-order valence-electron chi connectivity index (χ3n) is 7.30. The first-order valence-corrected chi connectivity index (χ1v) is 18.6. The van der Waals surface area contributed by atoms with E-state index in [9.17, 15) is 0 Å². The standard InChI is InChI=1S/C32H68O3Si/c1-5-9-13-17-21-25-29-33-36(32-28-24-20-16-12-8-4,34-30-26-22-18-14-10-6-2)35-31-27-23-19-15-11-7-3/h5-32H2,1-4H3. The van der Waals surface area contributed by atoms with Crippen LogP contribution in [0.5, 0.6) is 0 Å². The monoisotopic (exact) mass is 528 g/mol. The minimum Gasteiger partial charge on any atom is -0.373 e. The number of rotatable bonds is 31. The summed E-state index contributed by atoms with van der Waals surface area (Å²) in [5.41, 5.74) is 0.